The first-order chi connectivity index (χ1) is 9.78. The Morgan fingerprint density at radius 1 is 1.33 bits per heavy atom. The number of anilines is 1. The zero-order valence-corrected chi connectivity index (χ0v) is 13.4. The molecule has 1 aromatic heterocycles. The fourth-order valence-electron chi connectivity index (χ4n) is 1.50. The maximum atomic E-state index is 12.0. The number of nitrogens with one attached hydrogen (secondary N) is 1. The Hall–Kier alpha value is -1.35. The molecule has 2 aromatic rings. The summed E-state index contributed by atoms with van der Waals surface area (Å²) >= 11 is 12.5. The molecule has 0 aliphatic heterocycles. The lowest BCUT2D eigenvalue weighted by Gasteiger charge is -2.07. The number of benzene rings is 1. The van der Waals surface area contributed by atoms with Gasteiger partial charge in [-0.05, 0) is 17.7 Å². The molecule has 0 saturated carbocycles. The molecule has 0 saturated heterocycles. The normalized spacial score (nSPS) is 11.3. The van der Waals surface area contributed by atoms with E-state index in [1.165, 1.54) is 23.7 Å². The van der Waals surface area contributed by atoms with E-state index >= 15 is 0 Å². The van der Waals surface area contributed by atoms with Gasteiger partial charge in [-0.1, -0.05) is 29.3 Å². The molecule has 0 fully saturated rings. The number of aromatic nitrogens is 1. The van der Waals surface area contributed by atoms with Gasteiger partial charge in [-0.15, -0.1) is 11.3 Å². The number of thiazole rings is 1. The summed E-state index contributed by atoms with van der Waals surface area (Å²) in [5.74, 6) is -1.66. The minimum absolute atomic E-state index is 0.0393. The minimum atomic E-state index is -3.79. The van der Waals surface area contributed by atoms with Gasteiger partial charge in [-0.25, -0.2) is 18.2 Å². The van der Waals surface area contributed by atoms with Gasteiger partial charge in [0.05, 0.1) is 21.3 Å². The molecule has 0 amide bonds. The number of hydrogen-bond acceptors (Lipinski definition) is 5. The summed E-state index contributed by atoms with van der Waals surface area (Å²) in [6.45, 7) is 0. The Kier molecular flexibility index (Phi) is 4.72. The molecule has 0 aliphatic rings. The third-order valence-electron chi connectivity index (χ3n) is 2.36. The summed E-state index contributed by atoms with van der Waals surface area (Å²) in [6, 6.07) is 4.45. The second kappa shape index (κ2) is 6.18. The van der Waals surface area contributed by atoms with E-state index in [1.807, 2.05) is 0 Å². The van der Waals surface area contributed by atoms with Crippen LogP contribution in [0.5, 0.6) is 0 Å². The number of carboxylic acid groups (broad SMARTS) is 1. The minimum Gasteiger partial charge on any atom is -0.476 e. The molecule has 2 rings (SSSR count). The quantitative estimate of drug-likeness (QED) is 0.847. The molecule has 1 heterocycles. The fourth-order valence-corrected chi connectivity index (χ4v) is 3.98. The summed E-state index contributed by atoms with van der Waals surface area (Å²) in [6.07, 6.45) is 0. The van der Waals surface area contributed by atoms with Crippen LogP contribution in [0.2, 0.25) is 10.0 Å². The third-order valence-corrected chi connectivity index (χ3v) is 5.20. The van der Waals surface area contributed by atoms with Crippen molar-refractivity contribution in [3.63, 3.8) is 0 Å². The molecular formula is C11H8Cl2N2O4S2. The van der Waals surface area contributed by atoms with Gasteiger partial charge in [0.15, 0.2) is 5.69 Å². The Morgan fingerprint density at radius 3 is 2.67 bits per heavy atom. The molecule has 1 aromatic carbocycles. The predicted octanol–water partition coefficient (Wildman–Crippen LogP) is 3.09. The Labute approximate surface area is 134 Å². The van der Waals surface area contributed by atoms with E-state index < -0.39 is 16.0 Å². The maximum absolute atomic E-state index is 12.0. The highest BCUT2D eigenvalue weighted by Crippen LogP contribution is 2.25. The lowest BCUT2D eigenvalue weighted by molar-refractivity contribution is 0.0692. The van der Waals surface area contributed by atoms with Crippen LogP contribution in [0.1, 0.15) is 16.1 Å². The van der Waals surface area contributed by atoms with Crippen LogP contribution in [-0.2, 0) is 15.8 Å². The number of carbonyl (C=O) groups is 1. The Balaban J connectivity index is 2.20. The number of hydrogen-bond donors (Lipinski definition) is 2. The van der Waals surface area contributed by atoms with Crippen molar-refractivity contribution in [2.24, 2.45) is 0 Å². The molecule has 10 heteroatoms. The topological polar surface area (TPSA) is 96.4 Å². The van der Waals surface area contributed by atoms with Gasteiger partial charge in [-0.3, -0.25) is 4.72 Å². The van der Waals surface area contributed by atoms with E-state index in [4.69, 9.17) is 28.3 Å². The fraction of sp³-hybridized carbons (Fsp3) is 0.0909. The van der Waals surface area contributed by atoms with E-state index in [9.17, 15) is 13.2 Å². The van der Waals surface area contributed by atoms with Gasteiger partial charge in [0.25, 0.3) is 0 Å². The van der Waals surface area contributed by atoms with Crippen molar-refractivity contribution < 1.29 is 18.3 Å². The number of nitrogens with zero attached hydrogens (tertiary/aromatic N) is 1. The van der Waals surface area contributed by atoms with Crippen LogP contribution >= 0.6 is 34.5 Å². The molecule has 0 aliphatic carbocycles. The van der Waals surface area contributed by atoms with Crippen LogP contribution in [-0.4, -0.2) is 24.5 Å². The van der Waals surface area contributed by atoms with Gasteiger partial charge in [0.1, 0.15) is 5.00 Å². The van der Waals surface area contributed by atoms with Crippen LogP contribution in [0.4, 0.5) is 5.00 Å². The zero-order chi connectivity index (χ0) is 15.6. The largest absolute Gasteiger partial charge is 0.476 e. The number of carboxylic acids is 1. The van der Waals surface area contributed by atoms with Gasteiger partial charge in [0, 0.05) is 0 Å². The summed E-state index contributed by atoms with van der Waals surface area (Å²) in [7, 11) is -3.79. The highest BCUT2D eigenvalue weighted by Gasteiger charge is 2.19. The molecule has 2 N–H and O–H groups in total. The predicted molar refractivity (Wildman–Crippen MR) is 81.8 cm³/mol. The molecule has 6 nitrogen and oxygen atoms in total. The van der Waals surface area contributed by atoms with Gasteiger partial charge < -0.3 is 5.11 Å². The Bertz CT molecular complexity index is 789. The molecule has 0 atom stereocenters. The van der Waals surface area contributed by atoms with Crippen molar-refractivity contribution in [2.45, 2.75) is 5.75 Å². The molecule has 21 heavy (non-hydrogen) atoms. The van der Waals surface area contributed by atoms with E-state index in [1.54, 1.807) is 0 Å². The van der Waals surface area contributed by atoms with Gasteiger partial charge in [0.2, 0.25) is 10.0 Å². The van der Waals surface area contributed by atoms with Crippen molar-refractivity contribution in [2.75, 3.05) is 4.72 Å². The van der Waals surface area contributed by atoms with Gasteiger partial charge in [-0.2, -0.15) is 0 Å². The van der Waals surface area contributed by atoms with E-state index in [0.717, 1.165) is 11.3 Å². The van der Waals surface area contributed by atoms with Crippen LogP contribution < -0.4 is 4.72 Å². The molecule has 0 unspecified atom stereocenters. The molecule has 0 spiro atoms. The highest BCUT2D eigenvalue weighted by molar-refractivity contribution is 7.92. The highest BCUT2D eigenvalue weighted by atomic mass is 35.5. The molecule has 0 bridgehead atoms. The van der Waals surface area contributed by atoms with Crippen molar-refractivity contribution in [1.29, 1.82) is 0 Å². The van der Waals surface area contributed by atoms with E-state index in [0.29, 0.717) is 10.6 Å². The second-order valence-corrected chi connectivity index (χ2v) is 7.34. The van der Waals surface area contributed by atoms with Gasteiger partial charge >= 0.3 is 5.97 Å². The van der Waals surface area contributed by atoms with E-state index in [2.05, 4.69) is 9.71 Å². The van der Waals surface area contributed by atoms with E-state index in [-0.39, 0.29) is 21.5 Å². The standard InChI is InChI=1S/C11H8Cl2N2O4S2/c12-7-2-1-6(3-8(7)13)4-21(18,19)15-10-9(11(16)17)14-5-20-10/h1-3,5,15H,4H2,(H,16,17). The van der Waals surface area contributed by atoms with Crippen LogP contribution in [0, 0.1) is 0 Å². The summed E-state index contributed by atoms with van der Waals surface area (Å²) in [5.41, 5.74) is 1.34. The van der Waals surface area contributed by atoms with Crippen molar-refractivity contribution in [1.82, 2.24) is 4.98 Å². The van der Waals surface area contributed by atoms with Crippen LogP contribution in [0.15, 0.2) is 23.7 Å². The lowest BCUT2D eigenvalue weighted by atomic mass is 10.2. The maximum Gasteiger partial charge on any atom is 0.357 e. The first-order valence-electron chi connectivity index (χ1n) is 5.40. The van der Waals surface area contributed by atoms with Crippen molar-refractivity contribution >= 4 is 55.5 Å². The first kappa shape index (κ1) is 16.0. The first-order valence-corrected chi connectivity index (χ1v) is 8.68. The van der Waals surface area contributed by atoms with Crippen molar-refractivity contribution in [3.8, 4) is 0 Å². The lowest BCUT2D eigenvalue weighted by Crippen LogP contribution is -2.16. The summed E-state index contributed by atoms with van der Waals surface area (Å²) < 4.78 is 26.3. The molecule has 0 radical (unpaired) electrons. The number of sulfonamides is 1. The summed E-state index contributed by atoms with van der Waals surface area (Å²) in [4.78, 5) is 14.5. The SMILES string of the molecule is O=C(O)c1ncsc1NS(=O)(=O)Cc1ccc(Cl)c(Cl)c1. The second-order valence-electron chi connectivity index (χ2n) is 3.94. The number of aromatic carboxylic acids is 1. The smallest absolute Gasteiger partial charge is 0.357 e. The van der Waals surface area contributed by atoms with Crippen LogP contribution in [0.25, 0.3) is 0 Å². The summed E-state index contributed by atoms with van der Waals surface area (Å²) in [5, 5.41) is 9.41. The number of halogens is 2. The molecular weight excluding hydrogens is 359 g/mol. The van der Waals surface area contributed by atoms with Crippen LogP contribution in [0.3, 0.4) is 0 Å². The van der Waals surface area contributed by atoms with Crippen molar-refractivity contribution in [3.05, 3.63) is 45.0 Å². The number of rotatable bonds is 5. The third kappa shape index (κ3) is 4.07. The molecule has 112 valence electrons. The average Bonchev–Trinajstić information content (AvgIpc) is 2.80. The Morgan fingerprint density at radius 2 is 2.05 bits per heavy atom. The monoisotopic (exact) mass is 366 g/mol. The zero-order valence-electron chi connectivity index (χ0n) is 10.2. The average molecular weight is 367 g/mol.